The van der Waals surface area contributed by atoms with Crippen LogP contribution >= 0.6 is 0 Å². The Hall–Kier alpha value is -2.62. The van der Waals surface area contributed by atoms with E-state index in [2.05, 4.69) is 5.32 Å². The molecule has 1 aliphatic heterocycles. The summed E-state index contributed by atoms with van der Waals surface area (Å²) >= 11 is 0. The number of hydrogen-bond acceptors (Lipinski definition) is 2. The van der Waals surface area contributed by atoms with Gasteiger partial charge in [-0.25, -0.2) is 4.79 Å². The van der Waals surface area contributed by atoms with Gasteiger partial charge in [0.05, 0.1) is 5.56 Å². The zero-order valence-corrected chi connectivity index (χ0v) is 12.8. The number of hydrogen-bond donors (Lipinski definition) is 2. The third-order valence-electron chi connectivity index (χ3n) is 4.28. The molecule has 4 nitrogen and oxygen atoms in total. The Balaban J connectivity index is 1.75. The summed E-state index contributed by atoms with van der Waals surface area (Å²) in [6.07, 6.45) is 2.73. The van der Waals surface area contributed by atoms with Gasteiger partial charge >= 0.3 is 5.97 Å². The molecule has 1 heterocycles. The van der Waals surface area contributed by atoms with Crippen LogP contribution in [0, 0.1) is 5.92 Å². The maximum atomic E-state index is 11.8. The molecule has 0 spiro atoms. The van der Waals surface area contributed by atoms with E-state index in [0.29, 0.717) is 0 Å². The maximum Gasteiger partial charge on any atom is 0.335 e. The number of benzene rings is 2. The van der Waals surface area contributed by atoms with Crippen molar-refractivity contribution in [2.45, 2.75) is 19.3 Å². The van der Waals surface area contributed by atoms with E-state index < -0.39 is 5.97 Å². The molecule has 2 N–H and O–H groups in total. The van der Waals surface area contributed by atoms with Crippen molar-refractivity contribution in [1.82, 2.24) is 5.32 Å². The van der Waals surface area contributed by atoms with E-state index in [9.17, 15) is 9.59 Å². The number of piperidine rings is 1. The average molecular weight is 309 g/mol. The maximum absolute atomic E-state index is 11.8. The number of rotatable bonds is 4. The van der Waals surface area contributed by atoms with Crippen molar-refractivity contribution in [3.63, 3.8) is 0 Å². The molecule has 1 saturated heterocycles. The van der Waals surface area contributed by atoms with Crippen LogP contribution in [-0.2, 0) is 11.2 Å². The molecule has 23 heavy (non-hydrogen) atoms. The van der Waals surface area contributed by atoms with Gasteiger partial charge in [-0.3, -0.25) is 4.79 Å². The highest BCUT2D eigenvalue weighted by atomic mass is 16.4. The lowest BCUT2D eigenvalue weighted by Crippen LogP contribution is -2.37. The van der Waals surface area contributed by atoms with Gasteiger partial charge in [-0.2, -0.15) is 0 Å². The summed E-state index contributed by atoms with van der Waals surface area (Å²) in [7, 11) is 0. The van der Waals surface area contributed by atoms with Crippen molar-refractivity contribution in [1.29, 1.82) is 0 Å². The van der Waals surface area contributed by atoms with Crippen LogP contribution in [0.5, 0.6) is 0 Å². The number of amides is 1. The van der Waals surface area contributed by atoms with E-state index in [4.69, 9.17) is 5.11 Å². The molecule has 2 aromatic rings. The van der Waals surface area contributed by atoms with Gasteiger partial charge < -0.3 is 10.4 Å². The molecule has 0 bridgehead atoms. The molecule has 0 aromatic heterocycles. The van der Waals surface area contributed by atoms with E-state index >= 15 is 0 Å². The molecule has 0 aliphatic carbocycles. The van der Waals surface area contributed by atoms with Crippen LogP contribution < -0.4 is 5.32 Å². The molecule has 0 radical (unpaired) electrons. The van der Waals surface area contributed by atoms with Crippen LogP contribution in [-0.4, -0.2) is 23.5 Å². The summed E-state index contributed by atoms with van der Waals surface area (Å²) in [6.45, 7) is 0.786. The third-order valence-corrected chi connectivity index (χ3v) is 4.28. The van der Waals surface area contributed by atoms with Gasteiger partial charge in [-0.15, -0.1) is 0 Å². The summed E-state index contributed by atoms with van der Waals surface area (Å²) in [5.41, 5.74) is 3.27. The van der Waals surface area contributed by atoms with Gasteiger partial charge in [0, 0.05) is 12.5 Å². The predicted octanol–water partition coefficient (Wildman–Crippen LogP) is 3.12. The quantitative estimate of drug-likeness (QED) is 0.912. The minimum Gasteiger partial charge on any atom is -0.478 e. The van der Waals surface area contributed by atoms with Crippen molar-refractivity contribution in [3.8, 4) is 11.1 Å². The van der Waals surface area contributed by atoms with Gasteiger partial charge in [0.25, 0.3) is 0 Å². The van der Waals surface area contributed by atoms with Crippen molar-refractivity contribution in [2.24, 2.45) is 5.92 Å². The van der Waals surface area contributed by atoms with Crippen LogP contribution in [0.25, 0.3) is 11.1 Å². The molecule has 1 atom stereocenters. The molecule has 4 heteroatoms. The van der Waals surface area contributed by atoms with E-state index in [-0.39, 0.29) is 17.4 Å². The topological polar surface area (TPSA) is 66.4 Å². The first-order chi connectivity index (χ1) is 11.1. The highest BCUT2D eigenvalue weighted by molar-refractivity contribution is 5.89. The number of nitrogens with one attached hydrogen (secondary N) is 1. The molecular weight excluding hydrogens is 290 g/mol. The lowest BCUT2D eigenvalue weighted by atomic mass is 9.91. The number of carbonyl (C=O) groups is 2. The fraction of sp³-hybridized carbons (Fsp3) is 0.263. The largest absolute Gasteiger partial charge is 0.478 e. The first-order valence-electron chi connectivity index (χ1n) is 7.84. The van der Waals surface area contributed by atoms with E-state index in [1.165, 1.54) is 0 Å². The second-order valence-corrected chi connectivity index (χ2v) is 5.92. The van der Waals surface area contributed by atoms with E-state index in [0.717, 1.165) is 42.5 Å². The fourth-order valence-corrected chi connectivity index (χ4v) is 2.98. The first kappa shape index (κ1) is 15.3. The highest BCUT2D eigenvalue weighted by Gasteiger charge is 2.21. The Morgan fingerprint density at radius 2 is 1.91 bits per heavy atom. The normalized spacial score (nSPS) is 17.6. The Kier molecular flexibility index (Phi) is 4.42. The Bertz CT molecular complexity index is 722. The minimum atomic E-state index is -0.924. The summed E-state index contributed by atoms with van der Waals surface area (Å²) in [5.74, 6) is -0.716. The molecule has 0 unspecified atom stereocenters. The monoisotopic (exact) mass is 309 g/mol. The van der Waals surface area contributed by atoms with Gasteiger partial charge in [-0.05, 0) is 48.1 Å². The number of aromatic carboxylic acids is 1. The fourth-order valence-electron chi connectivity index (χ4n) is 2.98. The Morgan fingerprint density at radius 3 is 2.61 bits per heavy atom. The van der Waals surface area contributed by atoms with Crippen LogP contribution in [0.1, 0.15) is 28.8 Å². The molecule has 1 aliphatic rings. The third kappa shape index (κ3) is 3.59. The summed E-state index contributed by atoms with van der Waals surface area (Å²) in [6, 6.07) is 14.9. The molecule has 1 amide bonds. The minimum absolute atomic E-state index is 0.0601. The number of carboxylic acids is 1. The standard InChI is InChI=1S/C19H19NO3/c21-18-16(5-2-10-20-18)11-13-6-8-14(9-7-13)15-3-1-4-17(12-15)19(22)23/h1,3-4,6-9,12,16H,2,5,10-11H2,(H,20,21)(H,22,23)/t16-/m0/s1. The Labute approximate surface area is 135 Å². The van der Waals surface area contributed by atoms with Gasteiger partial charge in [0.2, 0.25) is 5.91 Å². The van der Waals surface area contributed by atoms with Crippen molar-refractivity contribution >= 4 is 11.9 Å². The second-order valence-electron chi connectivity index (χ2n) is 5.92. The first-order valence-corrected chi connectivity index (χ1v) is 7.84. The summed E-state index contributed by atoms with van der Waals surface area (Å²) in [5, 5.41) is 12.0. The SMILES string of the molecule is O=C(O)c1cccc(-c2ccc(C[C@@H]3CCCNC3=O)cc2)c1. The van der Waals surface area contributed by atoms with Crippen LogP contribution in [0.15, 0.2) is 48.5 Å². The number of carbonyl (C=O) groups excluding carboxylic acids is 1. The van der Waals surface area contributed by atoms with Crippen LogP contribution in [0.3, 0.4) is 0 Å². The van der Waals surface area contributed by atoms with Crippen LogP contribution in [0.2, 0.25) is 0 Å². The Morgan fingerprint density at radius 1 is 1.13 bits per heavy atom. The molecule has 0 saturated carbocycles. The zero-order valence-electron chi connectivity index (χ0n) is 12.8. The smallest absolute Gasteiger partial charge is 0.335 e. The van der Waals surface area contributed by atoms with Gasteiger partial charge in [0.15, 0.2) is 0 Å². The second kappa shape index (κ2) is 6.65. The molecule has 118 valence electrons. The summed E-state index contributed by atoms with van der Waals surface area (Å²) < 4.78 is 0. The van der Waals surface area contributed by atoms with Crippen molar-refractivity contribution < 1.29 is 14.7 Å². The highest BCUT2D eigenvalue weighted by Crippen LogP contribution is 2.23. The molecule has 1 fully saturated rings. The zero-order chi connectivity index (χ0) is 16.2. The van der Waals surface area contributed by atoms with Crippen molar-refractivity contribution in [3.05, 3.63) is 59.7 Å². The lowest BCUT2D eigenvalue weighted by molar-refractivity contribution is -0.126. The summed E-state index contributed by atoms with van der Waals surface area (Å²) in [4.78, 5) is 22.9. The van der Waals surface area contributed by atoms with E-state index in [1.54, 1.807) is 18.2 Å². The lowest BCUT2D eigenvalue weighted by Gasteiger charge is -2.21. The van der Waals surface area contributed by atoms with Gasteiger partial charge in [-0.1, -0.05) is 36.4 Å². The van der Waals surface area contributed by atoms with E-state index in [1.807, 2.05) is 30.3 Å². The van der Waals surface area contributed by atoms with Gasteiger partial charge in [0.1, 0.15) is 0 Å². The molecule has 3 rings (SSSR count). The van der Waals surface area contributed by atoms with Crippen LogP contribution in [0.4, 0.5) is 0 Å². The molecule has 2 aromatic carbocycles. The number of carboxylic acid groups (broad SMARTS) is 1. The molecular formula is C19H19NO3. The predicted molar refractivity (Wildman–Crippen MR) is 88.3 cm³/mol. The average Bonchev–Trinajstić information content (AvgIpc) is 2.58. The van der Waals surface area contributed by atoms with Crippen molar-refractivity contribution in [2.75, 3.05) is 6.54 Å².